The van der Waals surface area contributed by atoms with E-state index in [-0.39, 0.29) is 6.04 Å². The van der Waals surface area contributed by atoms with Crippen LogP contribution >= 0.6 is 0 Å². The van der Waals surface area contributed by atoms with Crippen LogP contribution in [0.2, 0.25) is 0 Å². The minimum atomic E-state index is 0.228. The molecule has 0 amide bonds. The highest BCUT2D eigenvalue weighted by atomic mass is 16.5. The molecule has 0 aliphatic carbocycles. The Morgan fingerprint density at radius 2 is 1.84 bits per heavy atom. The maximum absolute atomic E-state index is 5.85. The van der Waals surface area contributed by atoms with Gasteiger partial charge in [0.15, 0.2) is 0 Å². The lowest BCUT2D eigenvalue weighted by Crippen LogP contribution is -2.31. The Morgan fingerprint density at radius 1 is 1.21 bits per heavy atom. The summed E-state index contributed by atoms with van der Waals surface area (Å²) >= 11 is 0. The molecular weight excluding hydrogens is 240 g/mol. The van der Waals surface area contributed by atoms with Crippen molar-refractivity contribution in [2.75, 3.05) is 34.9 Å². The van der Waals surface area contributed by atoms with Crippen LogP contribution in [0.1, 0.15) is 24.1 Å². The summed E-state index contributed by atoms with van der Waals surface area (Å²) < 4.78 is 10.8. The van der Waals surface area contributed by atoms with Crippen LogP contribution in [0.3, 0.4) is 0 Å². The second kappa shape index (κ2) is 6.78. The van der Waals surface area contributed by atoms with Gasteiger partial charge in [-0.1, -0.05) is 6.92 Å². The zero-order valence-electron chi connectivity index (χ0n) is 12.9. The first-order valence-corrected chi connectivity index (χ1v) is 6.55. The van der Waals surface area contributed by atoms with Crippen LogP contribution < -0.4 is 15.2 Å². The predicted molar refractivity (Wildman–Crippen MR) is 78.9 cm³/mol. The number of hydrogen-bond donors (Lipinski definition) is 1. The molecule has 2 N–H and O–H groups in total. The normalized spacial score (nSPS) is 14.3. The minimum Gasteiger partial charge on any atom is -0.497 e. The topological polar surface area (TPSA) is 47.7 Å². The van der Waals surface area contributed by atoms with Crippen LogP contribution in [0, 0.1) is 12.8 Å². The molecule has 0 heterocycles. The van der Waals surface area contributed by atoms with Gasteiger partial charge in [0.25, 0.3) is 0 Å². The predicted octanol–water partition coefficient (Wildman–Crippen LogP) is 2.21. The molecule has 4 heteroatoms. The van der Waals surface area contributed by atoms with Gasteiger partial charge in [-0.25, -0.2) is 0 Å². The van der Waals surface area contributed by atoms with Gasteiger partial charge < -0.3 is 20.1 Å². The van der Waals surface area contributed by atoms with Gasteiger partial charge in [0.05, 0.1) is 14.2 Å². The summed E-state index contributed by atoms with van der Waals surface area (Å²) in [6.45, 7) is 4.88. The third-order valence-corrected chi connectivity index (χ3v) is 3.54. The van der Waals surface area contributed by atoms with Crippen molar-refractivity contribution in [3.8, 4) is 11.5 Å². The van der Waals surface area contributed by atoms with Gasteiger partial charge in [-0.3, -0.25) is 0 Å². The molecule has 0 fully saturated rings. The Balaban J connectivity index is 3.37. The first kappa shape index (κ1) is 15.8. The highest BCUT2D eigenvalue weighted by Crippen LogP contribution is 2.38. The third-order valence-electron chi connectivity index (χ3n) is 3.54. The van der Waals surface area contributed by atoms with E-state index in [1.54, 1.807) is 14.2 Å². The average molecular weight is 266 g/mol. The number of rotatable bonds is 6. The van der Waals surface area contributed by atoms with Crippen LogP contribution in [-0.2, 0) is 0 Å². The maximum Gasteiger partial charge on any atom is 0.127 e. The van der Waals surface area contributed by atoms with E-state index >= 15 is 0 Å². The lowest BCUT2D eigenvalue weighted by Gasteiger charge is -2.32. The molecule has 0 radical (unpaired) electrons. The summed E-state index contributed by atoms with van der Waals surface area (Å²) in [5, 5.41) is 0. The van der Waals surface area contributed by atoms with E-state index in [2.05, 4.69) is 32.8 Å². The lowest BCUT2D eigenvalue weighted by molar-refractivity contribution is 0.220. The zero-order valence-corrected chi connectivity index (χ0v) is 12.9. The van der Waals surface area contributed by atoms with Crippen LogP contribution in [0.4, 0.5) is 0 Å². The molecule has 108 valence electrons. The molecule has 1 aromatic rings. The Kier molecular flexibility index (Phi) is 5.63. The number of ether oxygens (including phenoxy) is 2. The fraction of sp³-hybridized carbons (Fsp3) is 0.600. The Labute approximate surface area is 116 Å². The molecule has 1 rings (SSSR count). The minimum absolute atomic E-state index is 0.228. The molecule has 0 aliphatic heterocycles. The van der Waals surface area contributed by atoms with Crippen LogP contribution in [0.15, 0.2) is 12.1 Å². The van der Waals surface area contributed by atoms with Gasteiger partial charge in [0.1, 0.15) is 11.5 Å². The molecule has 2 atom stereocenters. The molecule has 0 spiro atoms. The van der Waals surface area contributed by atoms with Crippen molar-refractivity contribution in [1.29, 1.82) is 0 Å². The zero-order chi connectivity index (χ0) is 14.6. The van der Waals surface area contributed by atoms with Crippen LogP contribution in [0.5, 0.6) is 11.5 Å². The summed E-state index contributed by atoms with van der Waals surface area (Å²) in [5.74, 6) is 2.02. The fourth-order valence-corrected chi connectivity index (χ4v) is 2.58. The Hall–Kier alpha value is -1.26. The number of methoxy groups -OCH3 is 2. The molecule has 0 aliphatic rings. The summed E-state index contributed by atoms with van der Waals surface area (Å²) in [6, 6.07) is 4.20. The Morgan fingerprint density at radius 3 is 2.26 bits per heavy atom. The molecule has 0 bridgehead atoms. The highest BCUT2D eigenvalue weighted by molar-refractivity contribution is 5.48. The Bertz CT molecular complexity index is 419. The van der Waals surface area contributed by atoms with Gasteiger partial charge >= 0.3 is 0 Å². The van der Waals surface area contributed by atoms with E-state index in [4.69, 9.17) is 15.2 Å². The molecular formula is C15H26N2O2. The van der Waals surface area contributed by atoms with E-state index in [0.29, 0.717) is 12.5 Å². The molecule has 4 nitrogen and oxygen atoms in total. The van der Waals surface area contributed by atoms with Gasteiger partial charge in [-0.05, 0) is 45.1 Å². The van der Waals surface area contributed by atoms with Crippen molar-refractivity contribution in [2.24, 2.45) is 11.7 Å². The second-order valence-electron chi connectivity index (χ2n) is 5.18. The second-order valence-corrected chi connectivity index (χ2v) is 5.18. The molecule has 0 saturated carbocycles. The largest absolute Gasteiger partial charge is 0.497 e. The van der Waals surface area contributed by atoms with Crippen molar-refractivity contribution >= 4 is 0 Å². The van der Waals surface area contributed by atoms with E-state index in [1.807, 2.05) is 12.1 Å². The standard InChI is InChI=1S/C15H26N2O2/c1-10-7-12(18-5)8-13(19-6)14(10)15(17(3)4)11(2)9-16/h7-8,11,15H,9,16H2,1-6H3. The lowest BCUT2D eigenvalue weighted by atomic mass is 9.89. The first-order chi connectivity index (χ1) is 8.96. The summed E-state index contributed by atoms with van der Waals surface area (Å²) in [6.07, 6.45) is 0. The SMILES string of the molecule is COc1cc(C)c(C(C(C)CN)N(C)C)c(OC)c1. The molecule has 2 unspecified atom stereocenters. The molecule has 19 heavy (non-hydrogen) atoms. The first-order valence-electron chi connectivity index (χ1n) is 6.55. The van der Waals surface area contributed by atoms with E-state index in [0.717, 1.165) is 17.1 Å². The van der Waals surface area contributed by atoms with Gasteiger partial charge in [0, 0.05) is 17.7 Å². The number of nitrogens with two attached hydrogens (primary N) is 1. The number of aryl methyl sites for hydroxylation is 1. The molecule has 0 aromatic heterocycles. The van der Waals surface area contributed by atoms with Crippen molar-refractivity contribution in [1.82, 2.24) is 4.90 Å². The van der Waals surface area contributed by atoms with Crippen LogP contribution in [0.25, 0.3) is 0 Å². The maximum atomic E-state index is 5.85. The summed E-state index contributed by atoms with van der Waals surface area (Å²) in [4.78, 5) is 2.19. The number of hydrogen-bond acceptors (Lipinski definition) is 4. The van der Waals surface area contributed by atoms with E-state index in [1.165, 1.54) is 5.56 Å². The van der Waals surface area contributed by atoms with Crippen molar-refractivity contribution in [2.45, 2.75) is 19.9 Å². The van der Waals surface area contributed by atoms with Gasteiger partial charge in [-0.2, -0.15) is 0 Å². The van der Waals surface area contributed by atoms with E-state index in [9.17, 15) is 0 Å². The molecule has 1 aromatic carbocycles. The number of nitrogens with zero attached hydrogens (tertiary/aromatic N) is 1. The fourth-order valence-electron chi connectivity index (χ4n) is 2.58. The quantitative estimate of drug-likeness (QED) is 0.857. The highest BCUT2D eigenvalue weighted by Gasteiger charge is 2.26. The van der Waals surface area contributed by atoms with Gasteiger partial charge in [-0.15, -0.1) is 0 Å². The average Bonchev–Trinajstić information content (AvgIpc) is 2.39. The smallest absolute Gasteiger partial charge is 0.127 e. The molecule has 0 saturated heterocycles. The number of benzene rings is 1. The van der Waals surface area contributed by atoms with Crippen molar-refractivity contribution in [3.05, 3.63) is 23.3 Å². The van der Waals surface area contributed by atoms with Crippen molar-refractivity contribution in [3.63, 3.8) is 0 Å². The summed E-state index contributed by atoms with van der Waals surface area (Å²) in [7, 11) is 7.50. The summed E-state index contributed by atoms with van der Waals surface area (Å²) in [5.41, 5.74) is 8.20. The van der Waals surface area contributed by atoms with Crippen LogP contribution in [-0.4, -0.2) is 39.8 Å². The monoisotopic (exact) mass is 266 g/mol. The van der Waals surface area contributed by atoms with E-state index < -0.39 is 0 Å². The third kappa shape index (κ3) is 3.39. The van der Waals surface area contributed by atoms with Gasteiger partial charge in [0.2, 0.25) is 0 Å². The van der Waals surface area contributed by atoms with Crippen molar-refractivity contribution < 1.29 is 9.47 Å².